The number of methoxy groups -OCH3 is 1. The van der Waals surface area contributed by atoms with Gasteiger partial charge in [0, 0.05) is 31.5 Å². The third-order valence-electron chi connectivity index (χ3n) is 5.78. The maximum atomic E-state index is 13.6. The molecule has 1 N–H and O–H groups in total. The van der Waals surface area contributed by atoms with Crippen LogP contribution in [0.15, 0.2) is 83.7 Å². The summed E-state index contributed by atoms with van der Waals surface area (Å²) in [6, 6.07) is 20.7. The number of fused-ring (bicyclic) bond motifs is 1. The van der Waals surface area contributed by atoms with Crippen LogP contribution in [0.5, 0.6) is 0 Å². The molecule has 1 aromatic heterocycles. The molecule has 1 heterocycles. The molecule has 4 rings (SSSR count). The third kappa shape index (κ3) is 5.08. The first kappa shape index (κ1) is 24.6. The highest BCUT2D eigenvalue weighted by molar-refractivity contribution is 5.89. The summed E-state index contributed by atoms with van der Waals surface area (Å²) in [5, 5.41) is 14.2. The molecule has 0 saturated carbocycles. The number of non-ortho nitro benzene ring substituents is 1. The van der Waals surface area contributed by atoms with Crippen LogP contribution in [0.4, 0.5) is 16.2 Å². The summed E-state index contributed by atoms with van der Waals surface area (Å²) in [5.41, 5.74) is 1.23. The first-order chi connectivity index (χ1) is 17.4. The van der Waals surface area contributed by atoms with Gasteiger partial charge in [-0.2, -0.15) is 0 Å². The highest BCUT2D eigenvalue weighted by Gasteiger charge is 2.27. The zero-order chi connectivity index (χ0) is 25.7. The van der Waals surface area contributed by atoms with E-state index in [1.165, 1.54) is 40.8 Å². The molecule has 3 aromatic carbocycles. The molecule has 1 unspecified atom stereocenters. The molecule has 4 aromatic rings. The summed E-state index contributed by atoms with van der Waals surface area (Å²) in [5.74, 6) is 0.389. The maximum Gasteiger partial charge on any atom is 0.322 e. The van der Waals surface area contributed by atoms with Gasteiger partial charge in [0.1, 0.15) is 5.82 Å². The fraction of sp³-hybridized carbons (Fsp3) is 0.192. The summed E-state index contributed by atoms with van der Waals surface area (Å²) >= 11 is 0. The van der Waals surface area contributed by atoms with E-state index in [2.05, 4.69) is 5.32 Å². The van der Waals surface area contributed by atoms with E-state index in [9.17, 15) is 19.7 Å². The van der Waals surface area contributed by atoms with Crippen molar-refractivity contribution in [1.29, 1.82) is 0 Å². The quantitative estimate of drug-likeness (QED) is 0.288. The summed E-state index contributed by atoms with van der Waals surface area (Å²) in [4.78, 5) is 43.7. The molecule has 0 saturated heterocycles. The monoisotopic (exact) mass is 487 g/mol. The van der Waals surface area contributed by atoms with Gasteiger partial charge < -0.3 is 15.0 Å². The first-order valence-corrected chi connectivity index (χ1v) is 11.3. The topological polar surface area (TPSA) is 120 Å². The second-order valence-corrected chi connectivity index (χ2v) is 8.06. The Labute approximate surface area is 206 Å². The molecule has 0 fully saturated rings. The van der Waals surface area contributed by atoms with E-state index in [0.717, 1.165) is 0 Å². The molecule has 36 heavy (non-hydrogen) atoms. The first-order valence-electron chi connectivity index (χ1n) is 11.3. The van der Waals surface area contributed by atoms with E-state index in [-0.39, 0.29) is 24.4 Å². The van der Waals surface area contributed by atoms with E-state index in [1.807, 2.05) is 30.3 Å². The number of carbonyl (C=O) groups is 1. The lowest BCUT2D eigenvalue weighted by Gasteiger charge is -2.30. The number of hydrogen-bond donors (Lipinski definition) is 1. The highest BCUT2D eigenvalue weighted by atomic mass is 16.6. The van der Waals surface area contributed by atoms with Crippen LogP contribution >= 0.6 is 0 Å². The molecule has 0 aliphatic rings. The average molecular weight is 488 g/mol. The van der Waals surface area contributed by atoms with Crippen LogP contribution in [0, 0.1) is 10.1 Å². The van der Waals surface area contributed by atoms with Gasteiger partial charge >= 0.3 is 6.03 Å². The summed E-state index contributed by atoms with van der Waals surface area (Å²) in [6.45, 7) is 2.26. The minimum atomic E-state index is -0.629. The number of hydrogen-bond acceptors (Lipinski definition) is 6. The van der Waals surface area contributed by atoms with Crippen LogP contribution in [0.2, 0.25) is 0 Å². The van der Waals surface area contributed by atoms with E-state index >= 15 is 0 Å². The number of benzene rings is 3. The molecule has 0 radical (unpaired) electrons. The van der Waals surface area contributed by atoms with Crippen LogP contribution in [-0.2, 0) is 4.74 Å². The number of nitrogens with one attached hydrogen (secondary N) is 1. The minimum absolute atomic E-state index is 0.0788. The van der Waals surface area contributed by atoms with Crippen molar-refractivity contribution in [2.24, 2.45) is 0 Å². The van der Waals surface area contributed by atoms with Gasteiger partial charge in [0.15, 0.2) is 0 Å². The Morgan fingerprint density at radius 1 is 1.08 bits per heavy atom. The molecule has 1 atom stereocenters. The Hall–Kier alpha value is -4.57. The van der Waals surface area contributed by atoms with Crippen LogP contribution in [-0.4, -0.2) is 45.7 Å². The Bertz CT molecular complexity index is 1440. The molecule has 2 amide bonds. The zero-order valence-corrected chi connectivity index (χ0v) is 19.8. The molecular weight excluding hydrogens is 462 g/mol. The van der Waals surface area contributed by atoms with E-state index in [4.69, 9.17) is 9.72 Å². The Balaban J connectivity index is 1.76. The number of rotatable bonds is 8. The van der Waals surface area contributed by atoms with E-state index in [1.54, 1.807) is 31.2 Å². The molecule has 0 bridgehead atoms. The van der Waals surface area contributed by atoms with Crippen molar-refractivity contribution in [3.05, 3.63) is 105 Å². The fourth-order valence-corrected chi connectivity index (χ4v) is 3.92. The summed E-state index contributed by atoms with van der Waals surface area (Å²) in [7, 11) is 1.53. The smallest absolute Gasteiger partial charge is 0.322 e. The predicted molar refractivity (Wildman–Crippen MR) is 136 cm³/mol. The molecule has 10 nitrogen and oxygen atoms in total. The van der Waals surface area contributed by atoms with Gasteiger partial charge in [-0.3, -0.25) is 19.5 Å². The van der Waals surface area contributed by atoms with Crippen molar-refractivity contribution in [3.8, 4) is 5.69 Å². The number of carbonyl (C=O) groups excluding carboxylic acids is 1. The van der Waals surface area contributed by atoms with Gasteiger partial charge in [-0.25, -0.2) is 9.78 Å². The minimum Gasteiger partial charge on any atom is -0.383 e. The molecule has 10 heteroatoms. The van der Waals surface area contributed by atoms with Crippen molar-refractivity contribution in [1.82, 2.24) is 14.5 Å². The molecule has 184 valence electrons. The van der Waals surface area contributed by atoms with Crippen LogP contribution in [0.1, 0.15) is 18.8 Å². The largest absolute Gasteiger partial charge is 0.383 e. The highest BCUT2D eigenvalue weighted by Crippen LogP contribution is 2.24. The lowest BCUT2D eigenvalue weighted by Crippen LogP contribution is -2.41. The summed E-state index contributed by atoms with van der Waals surface area (Å²) < 4.78 is 6.74. The van der Waals surface area contributed by atoms with Crippen LogP contribution in [0.3, 0.4) is 0 Å². The number of ether oxygens (including phenoxy) is 1. The van der Waals surface area contributed by atoms with Crippen molar-refractivity contribution in [3.63, 3.8) is 0 Å². The van der Waals surface area contributed by atoms with Crippen LogP contribution < -0.4 is 10.9 Å². The Morgan fingerprint density at radius 2 is 1.75 bits per heavy atom. The number of para-hydroxylation sites is 2. The lowest BCUT2D eigenvalue weighted by molar-refractivity contribution is -0.384. The number of aromatic nitrogens is 2. The number of nitro benzene ring substituents is 1. The Morgan fingerprint density at radius 3 is 2.42 bits per heavy atom. The number of nitro groups is 1. The SMILES string of the molecule is COCCN(C(=O)Nc1ccc([N+](=O)[O-])cc1)C(C)c1nc2ccccc2c(=O)n1-c1ccccc1. The van der Waals surface area contributed by atoms with Gasteiger partial charge in [-0.1, -0.05) is 30.3 Å². The standard InChI is InChI=1S/C26H25N5O5/c1-18(29(16-17-36-2)26(33)27-19-12-14-21(15-13-19)31(34)35)24-28-23-11-7-6-10-22(23)25(32)30(24)20-8-4-3-5-9-20/h3-15,18H,16-17H2,1-2H3,(H,27,33). The Kier molecular flexibility index (Phi) is 7.36. The lowest BCUT2D eigenvalue weighted by atomic mass is 10.2. The van der Waals surface area contributed by atoms with Gasteiger partial charge in [-0.05, 0) is 43.3 Å². The van der Waals surface area contributed by atoms with Crippen molar-refractivity contribution < 1.29 is 14.5 Å². The second kappa shape index (κ2) is 10.8. The molecule has 0 spiro atoms. The van der Waals surface area contributed by atoms with Crippen molar-refractivity contribution in [2.75, 3.05) is 25.6 Å². The van der Waals surface area contributed by atoms with Gasteiger partial charge in [-0.15, -0.1) is 0 Å². The van der Waals surface area contributed by atoms with Crippen molar-refractivity contribution in [2.45, 2.75) is 13.0 Å². The number of amides is 2. The van der Waals surface area contributed by atoms with Crippen molar-refractivity contribution >= 4 is 28.3 Å². The van der Waals surface area contributed by atoms with Gasteiger partial charge in [0.2, 0.25) is 0 Å². The number of urea groups is 1. The van der Waals surface area contributed by atoms with E-state index in [0.29, 0.717) is 28.1 Å². The summed E-state index contributed by atoms with van der Waals surface area (Å²) in [6.07, 6.45) is 0. The zero-order valence-electron chi connectivity index (χ0n) is 19.8. The number of nitrogens with zero attached hydrogens (tertiary/aromatic N) is 4. The molecular formula is C26H25N5O5. The third-order valence-corrected chi connectivity index (χ3v) is 5.78. The fourth-order valence-electron chi connectivity index (χ4n) is 3.92. The number of anilines is 1. The average Bonchev–Trinajstić information content (AvgIpc) is 2.89. The predicted octanol–water partition coefficient (Wildman–Crippen LogP) is 4.54. The van der Waals surface area contributed by atoms with Gasteiger partial charge in [0.25, 0.3) is 11.2 Å². The molecule has 0 aliphatic heterocycles. The molecule has 0 aliphatic carbocycles. The second-order valence-electron chi connectivity index (χ2n) is 8.06. The maximum absolute atomic E-state index is 13.6. The van der Waals surface area contributed by atoms with Crippen LogP contribution in [0.25, 0.3) is 16.6 Å². The van der Waals surface area contributed by atoms with Gasteiger partial charge in [0.05, 0.1) is 34.2 Å². The van der Waals surface area contributed by atoms with E-state index < -0.39 is 17.0 Å². The normalized spacial score (nSPS) is 11.7.